The summed E-state index contributed by atoms with van der Waals surface area (Å²) in [7, 11) is 0. The van der Waals surface area contributed by atoms with E-state index in [9.17, 15) is 0 Å². The number of aryl methyl sites for hydroxylation is 1. The van der Waals surface area contributed by atoms with Gasteiger partial charge in [-0.15, -0.1) is 0 Å². The van der Waals surface area contributed by atoms with Crippen LogP contribution in [0, 0.1) is 0 Å². The molecule has 0 aromatic carbocycles. The topological polar surface area (TPSA) is 37.8 Å². The van der Waals surface area contributed by atoms with Crippen LogP contribution < -0.4 is 5.32 Å². The van der Waals surface area contributed by atoms with Gasteiger partial charge in [-0.3, -0.25) is 0 Å². The lowest BCUT2D eigenvalue weighted by Gasteiger charge is -2.19. The van der Waals surface area contributed by atoms with Gasteiger partial charge in [-0.2, -0.15) is 11.8 Å². The highest BCUT2D eigenvalue weighted by molar-refractivity contribution is 7.99. The second kappa shape index (κ2) is 6.90. The smallest absolute Gasteiger partial charge is 0.141 e. The molecule has 0 amide bonds. The molecule has 1 aromatic heterocycles. The molecule has 0 radical (unpaired) electrons. The molecule has 0 bridgehead atoms. The molecular weight excluding hydrogens is 266 g/mol. The fraction of sp³-hybridized carbons (Fsp3) is 0.750. The Hall–Kier alpha value is -0.610. The quantitative estimate of drug-likeness (QED) is 0.856. The first-order chi connectivity index (χ1) is 9.88. The van der Waals surface area contributed by atoms with Gasteiger partial charge in [0.1, 0.15) is 5.82 Å². The zero-order valence-corrected chi connectivity index (χ0v) is 13.2. The second-order valence-corrected chi connectivity index (χ2v) is 7.20. The third-order valence-electron chi connectivity index (χ3n) is 4.31. The van der Waals surface area contributed by atoms with Gasteiger partial charge in [0.2, 0.25) is 0 Å². The number of nitrogens with one attached hydrogen (secondary N) is 1. The van der Waals surface area contributed by atoms with Gasteiger partial charge in [0.05, 0.1) is 5.25 Å². The van der Waals surface area contributed by atoms with Crippen molar-refractivity contribution in [2.45, 2.75) is 63.2 Å². The Kier molecular flexibility index (Phi) is 4.94. The van der Waals surface area contributed by atoms with Crippen LogP contribution in [0.4, 0.5) is 0 Å². The molecule has 2 atom stereocenters. The largest absolute Gasteiger partial charge is 0.310 e. The van der Waals surface area contributed by atoms with Crippen molar-refractivity contribution in [1.82, 2.24) is 15.3 Å². The minimum absolute atomic E-state index is 0.470. The van der Waals surface area contributed by atoms with E-state index in [-0.39, 0.29) is 0 Å². The highest BCUT2D eigenvalue weighted by atomic mass is 32.2. The van der Waals surface area contributed by atoms with Crippen LogP contribution in [0.25, 0.3) is 0 Å². The number of hydrogen-bond donors (Lipinski definition) is 1. The number of aromatic nitrogens is 2. The van der Waals surface area contributed by atoms with Crippen molar-refractivity contribution in [3.8, 4) is 0 Å². The molecule has 110 valence electrons. The molecule has 0 spiro atoms. The molecule has 4 heteroatoms. The number of rotatable bonds is 4. The predicted octanol–water partition coefficient (Wildman–Crippen LogP) is 3.81. The molecule has 2 heterocycles. The van der Waals surface area contributed by atoms with E-state index >= 15 is 0 Å². The van der Waals surface area contributed by atoms with Crippen LogP contribution in [-0.4, -0.2) is 22.3 Å². The zero-order chi connectivity index (χ0) is 13.8. The second-order valence-electron chi connectivity index (χ2n) is 5.88. The summed E-state index contributed by atoms with van der Waals surface area (Å²) in [4.78, 5) is 9.64. The molecule has 20 heavy (non-hydrogen) atoms. The van der Waals surface area contributed by atoms with Gasteiger partial charge in [-0.25, -0.2) is 9.97 Å². The lowest BCUT2D eigenvalue weighted by atomic mass is 10.0. The van der Waals surface area contributed by atoms with Crippen LogP contribution >= 0.6 is 11.8 Å². The van der Waals surface area contributed by atoms with E-state index in [0.29, 0.717) is 11.3 Å². The highest BCUT2D eigenvalue weighted by Gasteiger charge is 2.24. The number of hydrogen-bond acceptors (Lipinski definition) is 4. The Morgan fingerprint density at radius 3 is 3.05 bits per heavy atom. The van der Waals surface area contributed by atoms with Crippen LogP contribution in [-0.2, 0) is 6.42 Å². The minimum Gasteiger partial charge on any atom is -0.310 e. The summed E-state index contributed by atoms with van der Waals surface area (Å²) >= 11 is 2.03. The lowest BCUT2D eigenvalue weighted by Crippen LogP contribution is -2.23. The van der Waals surface area contributed by atoms with E-state index < -0.39 is 0 Å². The fourth-order valence-corrected chi connectivity index (χ4v) is 4.41. The van der Waals surface area contributed by atoms with Crippen molar-refractivity contribution >= 4 is 11.8 Å². The SMILES string of the molecule is CCCNC1CCCCc2nc(C3CCCS3)ncc21. The van der Waals surface area contributed by atoms with Crippen molar-refractivity contribution in [2.75, 3.05) is 12.3 Å². The van der Waals surface area contributed by atoms with Crippen LogP contribution in [0.1, 0.15) is 73.8 Å². The molecular formula is C16H25N3S. The molecule has 1 aliphatic heterocycles. The van der Waals surface area contributed by atoms with Crippen LogP contribution in [0.2, 0.25) is 0 Å². The highest BCUT2D eigenvalue weighted by Crippen LogP contribution is 2.39. The Labute approximate surface area is 126 Å². The maximum atomic E-state index is 4.94. The lowest BCUT2D eigenvalue weighted by molar-refractivity contribution is 0.488. The maximum absolute atomic E-state index is 4.94. The van der Waals surface area contributed by atoms with Crippen LogP contribution in [0.3, 0.4) is 0 Å². The van der Waals surface area contributed by atoms with Crippen molar-refractivity contribution in [3.63, 3.8) is 0 Å². The van der Waals surface area contributed by atoms with Crippen molar-refractivity contribution in [2.24, 2.45) is 0 Å². The van der Waals surface area contributed by atoms with E-state index in [4.69, 9.17) is 9.97 Å². The van der Waals surface area contributed by atoms with Gasteiger partial charge < -0.3 is 5.32 Å². The van der Waals surface area contributed by atoms with Gasteiger partial charge in [-0.05, 0) is 50.8 Å². The summed E-state index contributed by atoms with van der Waals surface area (Å²) in [6, 6.07) is 0.470. The molecule has 3 rings (SSSR count). The molecule has 1 fully saturated rings. The summed E-state index contributed by atoms with van der Waals surface area (Å²) in [6.07, 6.45) is 10.8. The Balaban J connectivity index is 1.82. The summed E-state index contributed by atoms with van der Waals surface area (Å²) in [5.74, 6) is 2.36. The Morgan fingerprint density at radius 1 is 1.30 bits per heavy atom. The first-order valence-electron chi connectivity index (χ1n) is 8.09. The average molecular weight is 291 g/mol. The predicted molar refractivity (Wildman–Crippen MR) is 85.1 cm³/mol. The van der Waals surface area contributed by atoms with E-state index in [1.165, 1.54) is 55.5 Å². The third kappa shape index (κ3) is 3.17. The number of fused-ring (bicyclic) bond motifs is 1. The molecule has 0 saturated carbocycles. The van der Waals surface area contributed by atoms with Gasteiger partial charge in [0, 0.05) is 23.5 Å². The minimum atomic E-state index is 0.470. The van der Waals surface area contributed by atoms with Crippen LogP contribution in [0.5, 0.6) is 0 Å². The van der Waals surface area contributed by atoms with Gasteiger partial charge in [-0.1, -0.05) is 13.3 Å². The monoisotopic (exact) mass is 291 g/mol. The summed E-state index contributed by atoms with van der Waals surface area (Å²) in [6.45, 7) is 3.31. The van der Waals surface area contributed by atoms with Gasteiger partial charge >= 0.3 is 0 Å². The standard InChI is InChI=1S/C16H25N3S/c1-2-9-17-13-6-3-4-7-14-12(13)11-18-16(19-14)15-8-5-10-20-15/h11,13,15,17H,2-10H2,1H3. The average Bonchev–Trinajstić information content (AvgIpc) is 2.94. The first-order valence-corrected chi connectivity index (χ1v) is 9.14. The van der Waals surface area contributed by atoms with E-state index in [1.807, 2.05) is 11.8 Å². The van der Waals surface area contributed by atoms with Crippen LogP contribution in [0.15, 0.2) is 6.20 Å². The van der Waals surface area contributed by atoms with Gasteiger partial charge in [0.25, 0.3) is 0 Å². The Bertz CT molecular complexity index is 443. The maximum Gasteiger partial charge on any atom is 0.141 e. The molecule has 1 aromatic rings. The number of nitrogens with zero attached hydrogens (tertiary/aromatic N) is 2. The van der Waals surface area contributed by atoms with E-state index in [0.717, 1.165) is 18.8 Å². The molecule has 2 aliphatic rings. The molecule has 3 nitrogen and oxygen atoms in total. The molecule has 1 saturated heterocycles. The van der Waals surface area contributed by atoms with Crippen molar-refractivity contribution in [1.29, 1.82) is 0 Å². The molecule has 1 aliphatic carbocycles. The van der Waals surface area contributed by atoms with E-state index in [1.54, 1.807) is 0 Å². The summed E-state index contributed by atoms with van der Waals surface area (Å²) < 4.78 is 0. The molecule has 1 N–H and O–H groups in total. The van der Waals surface area contributed by atoms with E-state index in [2.05, 4.69) is 18.4 Å². The normalized spacial score (nSPS) is 26.2. The van der Waals surface area contributed by atoms with Crippen molar-refractivity contribution < 1.29 is 0 Å². The summed E-state index contributed by atoms with van der Waals surface area (Å²) in [5, 5.41) is 4.22. The third-order valence-corrected chi connectivity index (χ3v) is 5.68. The van der Waals surface area contributed by atoms with Crippen molar-refractivity contribution in [3.05, 3.63) is 23.3 Å². The first kappa shape index (κ1) is 14.3. The fourth-order valence-electron chi connectivity index (χ4n) is 3.20. The summed E-state index contributed by atoms with van der Waals surface area (Å²) in [5.41, 5.74) is 2.68. The number of thioether (sulfide) groups is 1. The zero-order valence-electron chi connectivity index (χ0n) is 12.4. The Morgan fingerprint density at radius 2 is 2.25 bits per heavy atom. The molecule has 2 unspecified atom stereocenters. The van der Waals surface area contributed by atoms with Gasteiger partial charge in [0.15, 0.2) is 0 Å².